The summed E-state index contributed by atoms with van der Waals surface area (Å²) in [6.45, 7) is 32.9. The second-order valence-corrected chi connectivity index (χ2v) is 39.0. The second-order valence-electron chi connectivity index (χ2n) is 33.4. The van der Waals surface area contributed by atoms with Crippen LogP contribution in [-0.2, 0) is 40.5 Å². The van der Waals surface area contributed by atoms with E-state index in [-0.39, 0.29) is 32.3 Å². The first-order chi connectivity index (χ1) is 67.0. The monoisotopic (exact) mass is 1980 g/mol. The van der Waals surface area contributed by atoms with Crippen molar-refractivity contribution in [2.24, 2.45) is 83.8 Å². The number of nitrogens with two attached hydrogens (primary N) is 4. The van der Waals surface area contributed by atoms with E-state index in [1.54, 1.807) is 24.3 Å². The lowest BCUT2D eigenvalue weighted by Gasteiger charge is -2.10. The van der Waals surface area contributed by atoms with Crippen molar-refractivity contribution >= 4 is 167 Å². The summed E-state index contributed by atoms with van der Waals surface area (Å²) in [6, 6.07) is 79.2. The number of hydrogen-bond acceptors (Lipinski definition) is 20. The average Bonchev–Trinajstić information content (AvgIpc) is 0.799. The first-order valence-electron chi connectivity index (χ1n) is 44.0. The Morgan fingerprint density at radius 2 is 0.394 bits per heavy atom. The zero-order valence-corrected chi connectivity index (χ0v) is 84.3. The van der Waals surface area contributed by atoms with Crippen molar-refractivity contribution in [1.29, 1.82) is 0 Å². The van der Waals surface area contributed by atoms with Crippen molar-refractivity contribution in [2.45, 2.75) is 130 Å². The fourth-order valence-corrected chi connectivity index (χ4v) is 16.2. The number of aliphatic imine (C=N–C) groups is 4. The number of azo groups is 4. The van der Waals surface area contributed by atoms with E-state index in [0.717, 1.165) is 102 Å². The molecular formula is C106H112N20O12S4. The molecule has 732 valence electrons. The SMILES string of the molecule is Cc1ccc(N=C(N)Nc2ccc(C)cc2C)c(C)c1.Cc1ccc(N=C(N)Nc2ccc(C)cc2C)c(C)c1.Cc1ccc(N=C(N)Nc2ccc(C)cc2C)c(C)c1.Cc1ccc(N=C(N)Nc2ccc(C)cc2C)c(C)c1.O=S(=O)(O)c1ccc(N=Nc2ccc(N=Nc3ccc(C=Cc4ccc(N=Nc5ccc(N=Nc6ccc(S(=O)(=O)O)cc6)cc5)cc4S(=O)(=O)O)c(S(=O)(=O)O)c3)cc2)cc1. The van der Waals surface area contributed by atoms with Gasteiger partial charge in [-0.1, -0.05) is 166 Å². The Balaban J connectivity index is 0.000000209. The molecule has 0 atom stereocenters. The van der Waals surface area contributed by atoms with Gasteiger partial charge in [0.05, 0.1) is 78.0 Å². The Kier molecular flexibility index (Phi) is 37.2. The minimum Gasteiger partial charge on any atom is -0.369 e. The van der Waals surface area contributed by atoms with E-state index >= 15 is 0 Å². The summed E-state index contributed by atoms with van der Waals surface area (Å²) < 4.78 is 132. The zero-order chi connectivity index (χ0) is 104. The van der Waals surface area contributed by atoms with Crippen molar-refractivity contribution < 1.29 is 51.9 Å². The lowest BCUT2D eigenvalue weighted by molar-refractivity contribution is 0.480. The van der Waals surface area contributed by atoms with E-state index in [1.165, 1.54) is 154 Å². The molecule has 0 heterocycles. The summed E-state index contributed by atoms with van der Waals surface area (Å²) >= 11 is 0. The van der Waals surface area contributed by atoms with E-state index in [2.05, 4.69) is 238 Å². The number of rotatable bonds is 22. The van der Waals surface area contributed by atoms with Crippen LogP contribution in [0.5, 0.6) is 0 Å². The van der Waals surface area contributed by atoms with Gasteiger partial charge in [-0.2, -0.15) is 74.6 Å². The summed E-state index contributed by atoms with van der Waals surface area (Å²) in [5.41, 5.74) is 52.5. The molecular weight excluding hydrogens is 1870 g/mol. The van der Waals surface area contributed by atoms with Crippen molar-refractivity contribution in [3.05, 3.63) is 379 Å². The van der Waals surface area contributed by atoms with Gasteiger partial charge in [0.25, 0.3) is 40.5 Å². The molecule has 36 heteroatoms. The fraction of sp³-hybridized carbons (Fsp3) is 0.151. The number of hydrogen-bond donors (Lipinski definition) is 12. The van der Waals surface area contributed by atoms with Gasteiger partial charge in [-0.3, -0.25) is 18.2 Å². The molecule has 14 aromatic carbocycles. The van der Waals surface area contributed by atoms with Gasteiger partial charge >= 0.3 is 0 Å². The van der Waals surface area contributed by atoms with Crippen LogP contribution in [0, 0.1) is 111 Å². The molecule has 0 saturated carbocycles. The molecule has 142 heavy (non-hydrogen) atoms. The predicted molar refractivity (Wildman–Crippen MR) is 570 cm³/mol. The predicted octanol–water partition coefficient (Wildman–Crippen LogP) is 26.4. The number of aryl methyl sites for hydroxylation is 16. The second kappa shape index (κ2) is 49.0. The molecule has 0 aliphatic heterocycles. The van der Waals surface area contributed by atoms with Gasteiger partial charge in [0.1, 0.15) is 9.79 Å². The first kappa shape index (κ1) is 108. The Morgan fingerprint density at radius 3 is 0.577 bits per heavy atom. The molecule has 0 fully saturated rings. The third-order valence-electron chi connectivity index (χ3n) is 21.0. The molecule has 0 aliphatic rings. The zero-order valence-electron chi connectivity index (χ0n) is 81.1. The minimum absolute atomic E-state index is 0.0330. The highest BCUT2D eigenvalue weighted by Gasteiger charge is 2.20. The smallest absolute Gasteiger partial charge is 0.295 e. The number of nitrogens with zero attached hydrogens (tertiary/aromatic N) is 12. The van der Waals surface area contributed by atoms with Gasteiger partial charge in [0.15, 0.2) is 23.8 Å². The van der Waals surface area contributed by atoms with E-state index in [9.17, 15) is 42.8 Å². The van der Waals surface area contributed by atoms with E-state index < -0.39 is 50.3 Å². The van der Waals surface area contributed by atoms with Gasteiger partial charge in [-0.25, -0.2) is 20.0 Å². The maximum absolute atomic E-state index is 12.4. The molecule has 0 amide bonds. The number of guanidine groups is 4. The quantitative estimate of drug-likeness (QED) is 0.00985. The van der Waals surface area contributed by atoms with Gasteiger partial charge in [-0.15, -0.1) is 0 Å². The first-order valence-corrected chi connectivity index (χ1v) is 49.7. The van der Waals surface area contributed by atoms with Crippen LogP contribution in [0.25, 0.3) is 12.2 Å². The lowest BCUT2D eigenvalue weighted by Crippen LogP contribution is -2.22. The largest absolute Gasteiger partial charge is 0.369 e. The Labute approximate surface area is 828 Å². The van der Waals surface area contributed by atoms with Crippen molar-refractivity contribution in [2.75, 3.05) is 21.3 Å². The van der Waals surface area contributed by atoms with Crippen LogP contribution in [0.4, 0.5) is 91.0 Å². The molecule has 16 N–H and O–H groups in total. The van der Waals surface area contributed by atoms with Crippen LogP contribution in [0.1, 0.15) is 100 Å². The summed E-state index contributed by atoms with van der Waals surface area (Å²) in [4.78, 5) is 16.0. The molecule has 0 unspecified atom stereocenters. The summed E-state index contributed by atoms with van der Waals surface area (Å²) in [6.07, 6.45) is 2.41. The molecule has 0 bridgehead atoms. The maximum atomic E-state index is 12.4. The van der Waals surface area contributed by atoms with Crippen molar-refractivity contribution in [1.82, 2.24) is 0 Å². The Morgan fingerprint density at radius 1 is 0.218 bits per heavy atom. The molecule has 0 saturated heterocycles. The molecule has 0 aliphatic carbocycles. The van der Waals surface area contributed by atoms with Crippen molar-refractivity contribution in [3.8, 4) is 0 Å². The third-order valence-corrected chi connectivity index (χ3v) is 24.6. The molecule has 0 radical (unpaired) electrons. The topological polar surface area (TPSA) is 518 Å². The molecule has 32 nitrogen and oxygen atoms in total. The van der Waals surface area contributed by atoms with Gasteiger partial charge in [0, 0.05) is 22.7 Å². The van der Waals surface area contributed by atoms with Crippen LogP contribution in [0.3, 0.4) is 0 Å². The number of anilines is 4. The van der Waals surface area contributed by atoms with E-state index in [0.29, 0.717) is 58.0 Å². The van der Waals surface area contributed by atoms with Crippen LogP contribution >= 0.6 is 0 Å². The molecule has 14 aromatic rings. The molecule has 14 rings (SSSR count). The Bertz CT molecular complexity index is 7060. The number of nitrogens with one attached hydrogen (secondary N) is 4. The highest BCUT2D eigenvalue weighted by Crippen LogP contribution is 2.34. The van der Waals surface area contributed by atoms with Crippen LogP contribution in [0.2, 0.25) is 0 Å². The Hall–Kier alpha value is -16.1. The van der Waals surface area contributed by atoms with Crippen LogP contribution in [-0.4, -0.2) is 75.7 Å². The van der Waals surface area contributed by atoms with Crippen molar-refractivity contribution in [3.63, 3.8) is 0 Å². The third kappa shape index (κ3) is 33.9. The van der Waals surface area contributed by atoms with Gasteiger partial charge in [-0.05, 0) is 336 Å². The molecule has 0 aromatic heterocycles. The maximum Gasteiger partial charge on any atom is 0.295 e. The van der Waals surface area contributed by atoms with E-state index in [1.807, 2.05) is 100 Å². The normalized spacial score (nSPS) is 12.2. The van der Waals surface area contributed by atoms with E-state index in [4.69, 9.17) is 32.0 Å². The molecule has 0 spiro atoms. The van der Waals surface area contributed by atoms with Gasteiger partial charge in [0.2, 0.25) is 0 Å². The highest BCUT2D eigenvalue weighted by atomic mass is 32.2. The van der Waals surface area contributed by atoms with Gasteiger partial charge < -0.3 is 44.2 Å². The fourth-order valence-electron chi connectivity index (χ4n) is 13.8. The van der Waals surface area contributed by atoms with Crippen LogP contribution in [0.15, 0.2) is 360 Å². The summed E-state index contributed by atoms with van der Waals surface area (Å²) in [5, 5.41) is 44.9. The summed E-state index contributed by atoms with van der Waals surface area (Å²) in [5.74, 6) is 1.63. The number of benzene rings is 14. The standard InChI is InChI=1S/C38H28N8O12S4.4C17H21N3/c47-59(48,49)35-19-15-31(16-20-35)41-39-27-7-11-29(12-8-27)43-45-33-5-3-25(37(23-33)61(53,54)55)1-2-26-4-6-34(24-38(26)62(56,57)58)46-44-30-13-9-28(10-14-30)40-42-32-17-21-36(22-18-32)60(50,51)52;4*1-11-5-7-15(13(3)9-11)19-17(18)20-16-8-6-12(2)10-14(16)4/h1-24H,(H,47,48,49)(H,50,51,52)(H,53,54,55)(H,56,57,58);4*5-10H,1-4H3,(H3,18,19,20). The average molecular weight is 1990 g/mol. The van der Waals surface area contributed by atoms with Crippen LogP contribution < -0.4 is 44.2 Å². The minimum atomic E-state index is -4.84. The lowest BCUT2D eigenvalue weighted by atomic mass is 10.1. The summed E-state index contributed by atoms with van der Waals surface area (Å²) in [7, 11) is -18.4. The highest BCUT2D eigenvalue weighted by molar-refractivity contribution is 7.86.